The number of nitrogens with zero attached hydrogens (tertiary/aromatic N) is 1. The fourth-order valence-corrected chi connectivity index (χ4v) is 3.27. The van der Waals surface area contributed by atoms with Crippen molar-refractivity contribution in [2.24, 2.45) is 11.7 Å². The smallest absolute Gasteiger partial charge is 0.0388 e. The highest BCUT2D eigenvalue weighted by Crippen LogP contribution is 2.37. The standard InChI is InChI=1S/C17H28N2/c1-4-10-19-11-9-16(12-18)17(19)15-7-5-14(6-8-15)13(2)3/h5-8,13,16-17H,4,9-12,18H2,1-3H3. The first-order chi connectivity index (χ1) is 9.17. The molecule has 0 radical (unpaired) electrons. The Hall–Kier alpha value is -0.860. The van der Waals surface area contributed by atoms with Gasteiger partial charge in [0, 0.05) is 6.04 Å². The topological polar surface area (TPSA) is 29.3 Å². The molecule has 0 aliphatic carbocycles. The molecule has 0 amide bonds. The first-order valence-electron chi connectivity index (χ1n) is 7.71. The van der Waals surface area contributed by atoms with Crippen LogP contribution in [0.4, 0.5) is 0 Å². The van der Waals surface area contributed by atoms with Crippen LogP contribution in [0.5, 0.6) is 0 Å². The molecule has 2 N–H and O–H groups in total. The van der Waals surface area contributed by atoms with Crippen molar-refractivity contribution >= 4 is 0 Å². The molecule has 0 bridgehead atoms. The quantitative estimate of drug-likeness (QED) is 0.877. The molecule has 2 rings (SSSR count). The Morgan fingerprint density at radius 2 is 1.95 bits per heavy atom. The minimum absolute atomic E-state index is 0.533. The first kappa shape index (κ1) is 14.5. The Morgan fingerprint density at radius 1 is 1.26 bits per heavy atom. The zero-order valence-corrected chi connectivity index (χ0v) is 12.6. The van der Waals surface area contributed by atoms with E-state index in [4.69, 9.17) is 5.73 Å². The summed E-state index contributed by atoms with van der Waals surface area (Å²) in [4.78, 5) is 2.61. The molecule has 19 heavy (non-hydrogen) atoms. The molecule has 2 atom stereocenters. The second-order valence-electron chi connectivity index (χ2n) is 6.09. The highest BCUT2D eigenvalue weighted by atomic mass is 15.2. The van der Waals surface area contributed by atoms with E-state index in [0.29, 0.717) is 17.9 Å². The lowest BCUT2D eigenvalue weighted by atomic mass is 9.92. The minimum Gasteiger partial charge on any atom is -0.330 e. The number of hydrogen-bond acceptors (Lipinski definition) is 2. The van der Waals surface area contributed by atoms with E-state index in [1.165, 1.54) is 37.1 Å². The zero-order valence-electron chi connectivity index (χ0n) is 12.6. The van der Waals surface area contributed by atoms with Crippen molar-refractivity contribution in [1.29, 1.82) is 0 Å². The summed E-state index contributed by atoms with van der Waals surface area (Å²) < 4.78 is 0. The van der Waals surface area contributed by atoms with E-state index in [9.17, 15) is 0 Å². The summed E-state index contributed by atoms with van der Waals surface area (Å²) in [5, 5.41) is 0. The van der Waals surface area contributed by atoms with E-state index >= 15 is 0 Å². The van der Waals surface area contributed by atoms with Crippen LogP contribution in [0.2, 0.25) is 0 Å². The number of benzene rings is 1. The highest BCUT2D eigenvalue weighted by Gasteiger charge is 2.33. The van der Waals surface area contributed by atoms with Gasteiger partial charge in [0.15, 0.2) is 0 Å². The van der Waals surface area contributed by atoms with Crippen LogP contribution in [-0.4, -0.2) is 24.5 Å². The summed E-state index contributed by atoms with van der Waals surface area (Å²) in [5.41, 5.74) is 8.85. The molecule has 1 aromatic carbocycles. The summed E-state index contributed by atoms with van der Waals surface area (Å²) in [6.45, 7) is 9.94. The predicted molar refractivity (Wildman–Crippen MR) is 82.3 cm³/mol. The summed E-state index contributed by atoms with van der Waals surface area (Å²) in [5.74, 6) is 1.23. The maximum atomic E-state index is 5.97. The molecule has 1 fully saturated rings. The van der Waals surface area contributed by atoms with Gasteiger partial charge in [0.05, 0.1) is 0 Å². The Bertz CT molecular complexity index is 383. The molecule has 1 aromatic rings. The number of likely N-dealkylation sites (tertiary alicyclic amines) is 1. The monoisotopic (exact) mass is 260 g/mol. The van der Waals surface area contributed by atoms with Gasteiger partial charge < -0.3 is 5.73 Å². The second kappa shape index (κ2) is 6.53. The lowest BCUT2D eigenvalue weighted by Crippen LogP contribution is -2.28. The predicted octanol–water partition coefficient (Wildman–Crippen LogP) is 3.54. The Labute approximate surface area is 118 Å². The Morgan fingerprint density at radius 3 is 2.47 bits per heavy atom. The van der Waals surface area contributed by atoms with Gasteiger partial charge in [0.1, 0.15) is 0 Å². The van der Waals surface area contributed by atoms with E-state index in [0.717, 1.165) is 6.54 Å². The van der Waals surface area contributed by atoms with Crippen LogP contribution < -0.4 is 5.73 Å². The lowest BCUT2D eigenvalue weighted by Gasteiger charge is -2.28. The first-order valence-corrected chi connectivity index (χ1v) is 7.71. The van der Waals surface area contributed by atoms with Gasteiger partial charge in [-0.3, -0.25) is 4.90 Å². The van der Waals surface area contributed by atoms with Crippen molar-refractivity contribution in [2.75, 3.05) is 19.6 Å². The molecule has 2 nitrogen and oxygen atoms in total. The molecule has 0 saturated carbocycles. The third kappa shape index (κ3) is 3.18. The molecule has 1 heterocycles. The number of rotatable bonds is 5. The van der Waals surface area contributed by atoms with Gasteiger partial charge in [-0.2, -0.15) is 0 Å². The van der Waals surface area contributed by atoms with Gasteiger partial charge >= 0.3 is 0 Å². The lowest BCUT2D eigenvalue weighted by molar-refractivity contribution is 0.230. The molecule has 1 aliphatic rings. The van der Waals surface area contributed by atoms with Crippen molar-refractivity contribution in [2.45, 2.75) is 45.6 Å². The molecular formula is C17H28N2. The molecule has 0 aromatic heterocycles. The van der Waals surface area contributed by atoms with Crippen molar-refractivity contribution in [1.82, 2.24) is 4.90 Å². The maximum absolute atomic E-state index is 5.97. The van der Waals surface area contributed by atoms with Crippen LogP contribution in [0.3, 0.4) is 0 Å². The van der Waals surface area contributed by atoms with Crippen LogP contribution in [0, 0.1) is 5.92 Å². The number of hydrogen-bond donors (Lipinski definition) is 1. The van der Waals surface area contributed by atoms with Gasteiger partial charge in [-0.1, -0.05) is 45.0 Å². The van der Waals surface area contributed by atoms with E-state index in [2.05, 4.69) is 49.9 Å². The molecule has 2 heteroatoms. The van der Waals surface area contributed by atoms with E-state index < -0.39 is 0 Å². The van der Waals surface area contributed by atoms with Crippen LogP contribution in [0.25, 0.3) is 0 Å². The van der Waals surface area contributed by atoms with Gasteiger partial charge in [-0.25, -0.2) is 0 Å². The Balaban J connectivity index is 2.20. The van der Waals surface area contributed by atoms with E-state index in [1.54, 1.807) is 0 Å². The summed E-state index contributed by atoms with van der Waals surface area (Å²) in [6, 6.07) is 9.74. The van der Waals surface area contributed by atoms with Crippen LogP contribution >= 0.6 is 0 Å². The van der Waals surface area contributed by atoms with Gasteiger partial charge in [0.2, 0.25) is 0 Å². The van der Waals surface area contributed by atoms with Gasteiger partial charge in [-0.05, 0) is 55.4 Å². The summed E-state index contributed by atoms with van der Waals surface area (Å²) >= 11 is 0. The van der Waals surface area contributed by atoms with Crippen molar-refractivity contribution in [3.05, 3.63) is 35.4 Å². The second-order valence-corrected chi connectivity index (χ2v) is 6.09. The molecule has 1 saturated heterocycles. The van der Waals surface area contributed by atoms with Crippen LogP contribution in [0.15, 0.2) is 24.3 Å². The van der Waals surface area contributed by atoms with Crippen molar-refractivity contribution < 1.29 is 0 Å². The molecule has 106 valence electrons. The fourth-order valence-electron chi connectivity index (χ4n) is 3.27. The molecule has 2 unspecified atom stereocenters. The van der Waals surface area contributed by atoms with Crippen molar-refractivity contribution in [3.8, 4) is 0 Å². The Kier molecular flexibility index (Phi) is 5.00. The average molecular weight is 260 g/mol. The summed E-state index contributed by atoms with van der Waals surface area (Å²) in [7, 11) is 0. The van der Waals surface area contributed by atoms with Crippen LogP contribution in [-0.2, 0) is 0 Å². The average Bonchev–Trinajstić information content (AvgIpc) is 2.82. The molecule has 1 aliphatic heterocycles. The van der Waals surface area contributed by atoms with E-state index in [-0.39, 0.29) is 0 Å². The minimum atomic E-state index is 0.533. The third-order valence-corrected chi connectivity index (χ3v) is 4.39. The van der Waals surface area contributed by atoms with E-state index in [1.807, 2.05) is 0 Å². The summed E-state index contributed by atoms with van der Waals surface area (Å²) in [6.07, 6.45) is 2.46. The largest absolute Gasteiger partial charge is 0.330 e. The fraction of sp³-hybridized carbons (Fsp3) is 0.647. The molecule has 0 spiro atoms. The van der Waals surface area contributed by atoms with Gasteiger partial charge in [-0.15, -0.1) is 0 Å². The normalized spacial score (nSPS) is 24.3. The van der Waals surface area contributed by atoms with Gasteiger partial charge in [0.25, 0.3) is 0 Å². The van der Waals surface area contributed by atoms with Crippen LogP contribution in [0.1, 0.15) is 56.7 Å². The SMILES string of the molecule is CCCN1CCC(CN)C1c1ccc(C(C)C)cc1. The molecular weight excluding hydrogens is 232 g/mol. The highest BCUT2D eigenvalue weighted by molar-refractivity contribution is 5.28. The third-order valence-electron chi connectivity index (χ3n) is 4.39. The maximum Gasteiger partial charge on any atom is 0.0388 e. The zero-order chi connectivity index (χ0) is 13.8. The number of nitrogens with two attached hydrogens (primary N) is 1. The van der Waals surface area contributed by atoms with Crippen molar-refractivity contribution in [3.63, 3.8) is 0 Å².